The molecular formula is C17H21N3O2S. The third-order valence-electron chi connectivity index (χ3n) is 4.17. The van der Waals surface area contributed by atoms with E-state index in [2.05, 4.69) is 24.0 Å². The number of benzene rings is 1. The van der Waals surface area contributed by atoms with E-state index in [4.69, 9.17) is 10.5 Å². The molecule has 0 saturated carbocycles. The van der Waals surface area contributed by atoms with Crippen molar-refractivity contribution < 1.29 is 9.53 Å². The molecule has 1 aromatic carbocycles. The molecule has 3 rings (SSSR count). The molecule has 0 spiro atoms. The van der Waals surface area contributed by atoms with E-state index in [1.807, 2.05) is 24.0 Å². The van der Waals surface area contributed by atoms with Crippen LogP contribution >= 0.6 is 11.3 Å². The number of nitrogens with two attached hydrogens (primary N) is 1. The highest BCUT2D eigenvalue weighted by molar-refractivity contribution is 7.09. The zero-order valence-electron chi connectivity index (χ0n) is 13.4. The van der Waals surface area contributed by atoms with E-state index in [-0.39, 0.29) is 18.1 Å². The highest BCUT2D eigenvalue weighted by Gasteiger charge is 2.32. The highest BCUT2D eigenvalue weighted by atomic mass is 32.1. The third-order valence-corrected chi connectivity index (χ3v) is 5.05. The second kappa shape index (κ2) is 6.78. The van der Waals surface area contributed by atoms with Crippen LogP contribution in [0, 0.1) is 6.92 Å². The first-order valence-corrected chi connectivity index (χ1v) is 8.60. The number of rotatable bonds is 3. The summed E-state index contributed by atoms with van der Waals surface area (Å²) in [5, 5.41) is 2.57. The largest absolute Gasteiger partial charge is 0.370 e. The minimum Gasteiger partial charge on any atom is -0.370 e. The smallest absolute Gasteiger partial charge is 0.273 e. The van der Waals surface area contributed by atoms with E-state index in [1.165, 1.54) is 16.9 Å². The van der Waals surface area contributed by atoms with Crippen molar-refractivity contribution in [2.24, 2.45) is 5.73 Å². The standard InChI is InChI=1S/C17H21N3O2S/c1-11-5-3-4-6-13(11)15-8-20(12(2)9-22-15)17(21)14-10-23-16(7-18)19-14/h3-6,10,12,15H,7-9,18H2,1-2H3/t12-,15+/m0/s1. The van der Waals surface area contributed by atoms with Crippen molar-refractivity contribution >= 4 is 17.2 Å². The number of ether oxygens (including phenoxy) is 1. The maximum absolute atomic E-state index is 12.8. The van der Waals surface area contributed by atoms with Gasteiger partial charge in [0.2, 0.25) is 0 Å². The lowest BCUT2D eigenvalue weighted by molar-refractivity contribution is -0.0490. The van der Waals surface area contributed by atoms with Crippen LogP contribution < -0.4 is 5.73 Å². The Morgan fingerprint density at radius 1 is 1.48 bits per heavy atom. The average Bonchev–Trinajstić information content (AvgIpc) is 3.04. The number of thiazole rings is 1. The Morgan fingerprint density at radius 2 is 2.26 bits per heavy atom. The number of hydrogen-bond donors (Lipinski definition) is 1. The quantitative estimate of drug-likeness (QED) is 0.938. The number of aromatic nitrogens is 1. The molecule has 1 fully saturated rings. The first kappa shape index (κ1) is 16.1. The van der Waals surface area contributed by atoms with Gasteiger partial charge in [0.15, 0.2) is 0 Å². The monoisotopic (exact) mass is 331 g/mol. The van der Waals surface area contributed by atoms with E-state index in [9.17, 15) is 4.79 Å². The fourth-order valence-electron chi connectivity index (χ4n) is 2.83. The molecule has 1 aliphatic heterocycles. The second-order valence-corrected chi connectivity index (χ2v) is 6.76. The predicted molar refractivity (Wildman–Crippen MR) is 90.4 cm³/mol. The number of carbonyl (C=O) groups is 1. The fourth-order valence-corrected chi connectivity index (χ4v) is 3.47. The van der Waals surface area contributed by atoms with Gasteiger partial charge in [0.05, 0.1) is 19.2 Å². The van der Waals surface area contributed by atoms with Crippen molar-refractivity contribution in [3.05, 3.63) is 51.5 Å². The Labute approximate surface area is 140 Å². The number of nitrogens with zero attached hydrogens (tertiary/aromatic N) is 2. The molecule has 1 aromatic heterocycles. The molecule has 6 heteroatoms. The van der Waals surface area contributed by atoms with Gasteiger partial charge in [-0.05, 0) is 25.0 Å². The lowest BCUT2D eigenvalue weighted by Crippen LogP contribution is -2.48. The molecule has 0 radical (unpaired) electrons. The topological polar surface area (TPSA) is 68.5 Å². The van der Waals surface area contributed by atoms with Crippen molar-refractivity contribution in [3.63, 3.8) is 0 Å². The minimum atomic E-state index is -0.0936. The lowest BCUT2D eigenvalue weighted by atomic mass is 10.0. The lowest BCUT2D eigenvalue weighted by Gasteiger charge is -2.38. The molecule has 0 bridgehead atoms. The van der Waals surface area contributed by atoms with Crippen molar-refractivity contribution in [3.8, 4) is 0 Å². The van der Waals surface area contributed by atoms with Gasteiger partial charge in [0.25, 0.3) is 5.91 Å². The van der Waals surface area contributed by atoms with Gasteiger partial charge in [-0.2, -0.15) is 0 Å². The fraction of sp³-hybridized carbons (Fsp3) is 0.412. The van der Waals surface area contributed by atoms with Gasteiger partial charge in [-0.25, -0.2) is 4.98 Å². The molecule has 1 saturated heterocycles. The maximum atomic E-state index is 12.8. The number of morpholine rings is 1. The Kier molecular flexibility index (Phi) is 4.75. The number of hydrogen-bond acceptors (Lipinski definition) is 5. The van der Waals surface area contributed by atoms with Gasteiger partial charge in [-0.1, -0.05) is 24.3 Å². The van der Waals surface area contributed by atoms with Crippen LogP contribution in [0.15, 0.2) is 29.6 Å². The van der Waals surface area contributed by atoms with Crippen LogP contribution in [0.2, 0.25) is 0 Å². The summed E-state index contributed by atoms with van der Waals surface area (Å²) in [4.78, 5) is 18.9. The van der Waals surface area contributed by atoms with E-state index in [0.29, 0.717) is 25.4 Å². The third kappa shape index (κ3) is 3.29. The van der Waals surface area contributed by atoms with Crippen LogP contribution in [0.25, 0.3) is 0 Å². The number of aryl methyl sites for hydroxylation is 1. The summed E-state index contributed by atoms with van der Waals surface area (Å²) in [7, 11) is 0. The first-order chi connectivity index (χ1) is 11.1. The zero-order chi connectivity index (χ0) is 16.4. The normalized spacial score (nSPS) is 21.4. The molecule has 2 aromatic rings. The molecular weight excluding hydrogens is 310 g/mol. The van der Waals surface area contributed by atoms with Gasteiger partial charge < -0.3 is 15.4 Å². The van der Waals surface area contributed by atoms with Crippen molar-refractivity contribution in [1.82, 2.24) is 9.88 Å². The van der Waals surface area contributed by atoms with Gasteiger partial charge in [0.1, 0.15) is 16.8 Å². The SMILES string of the molecule is Cc1ccccc1[C@H]1CN(C(=O)c2csc(CN)n2)[C@@H](C)CO1. The first-order valence-electron chi connectivity index (χ1n) is 7.72. The molecule has 2 atom stereocenters. The second-order valence-electron chi connectivity index (χ2n) is 5.82. The maximum Gasteiger partial charge on any atom is 0.273 e. The summed E-state index contributed by atoms with van der Waals surface area (Å²) in [6, 6.07) is 8.18. The van der Waals surface area contributed by atoms with E-state index >= 15 is 0 Å². The summed E-state index contributed by atoms with van der Waals surface area (Å²) in [5.74, 6) is -0.0460. The molecule has 23 heavy (non-hydrogen) atoms. The van der Waals surface area contributed by atoms with E-state index in [1.54, 1.807) is 5.38 Å². The summed E-state index contributed by atoms with van der Waals surface area (Å²) in [6.07, 6.45) is -0.0936. The van der Waals surface area contributed by atoms with Crippen molar-refractivity contribution in [1.29, 1.82) is 0 Å². The molecule has 5 nitrogen and oxygen atoms in total. The average molecular weight is 331 g/mol. The minimum absolute atomic E-state index is 0.0331. The van der Waals surface area contributed by atoms with Crippen LogP contribution in [-0.2, 0) is 11.3 Å². The number of carbonyl (C=O) groups excluding carboxylic acids is 1. The molecule has 122 valence electrons. The molecule has 2 heterocycles. The molecule has 0 unspecified atom stereocenters. The van der Waals surface area contributed by atoms with Crippen molar-refractivity contribution in [2.75, 3.05) is 13.2 Å². The summed E-state index contributed by atoms with van der Waals surface area (Å²) in [6.45, 7) is 5.50. The van der Waals surface area contributed by atoms with E-state index in [0.717, 1.165) is 10.6 Å². The highest BCUT2D eigenvalue weighted by Crippen LogP contribution is 2.28. The van der Waals surface area contributed by atoms with Gasteiger partial charge in [0, 0.05) is 11.9 Å². The van der Waals surface area contributed by atoms with Crippen LogP contribution in [0.3, 0.4) is 0 Å². The Hall–Kier alpha value is -1.76. The summed E-state index contributed by atoms with van der Waals surface area (Å²) >= 11 is 1.43. The van der Waals surface area contributed by atoms with E-state index < -0.39 is 0 Å². The zero-order valence-corrected chi connectivity index (χ0v) is 14.2. The molecule has 2 N–H and O–H groups in total. The number of amides is 1. The Bertz CT molecular complexity index is 701. The molecule has 0 aliphatic carbocycles. The Morgan fingerprint density at radius 3 is 2.96 bits per heavy atom. The van der Waals surface area contributed by atoms with Gasteiger partial charge in [-0.15, -0.1) is 11.3 Å². The summed E-state index contributed by atoms with van der Waals surface area (Å²) in [5.41, 5.74) is 8.38. The predicted octanol–water partition coefficient (Wildman–Crippen LogP) is 2.51. The molecule has 1 aliphatic rings. The summed E-state index contributed by atoms with van der Waals surface area (Å²) < 4.78 is 5.97. The van der Waals surface area contributed by atoms with Crippen LogP contribution in [-0.4, -0.2) is 35.0 Å². The Balaban J connectivity index is 1.81. The van der Waals surface area contributed by atoms with Crippen LogP contribution in [0.5, 0.6) is 0 Å². The van der Waals surface area contributed by atoms with Crippen LogP contribution in [0.1, 0.15) is 39.7 Å². The van der Waals surface area contributed by atoms with Crippen molar-refractivity contribution in [2.45, 2.75) is 32.5 Å². The van der Waals surface area contributed by atoms with Gasteiger partial charge in [-0.3, -0.25) is 4.79 Å². The van der Waals surface area contributed by atoms with Crippen LogP contribution in [0.4, 0.5) is 0 Å². The molecule has 1 amide bonds. The van der Waals surface area contributed by atoms with Gasteiger partial charge >= 0.3 is 0 Å².